The highest BCUT2D eigenvalue weighted by atomic mass is 35.5. The van der Waals surface area contributed by atoms with E-state index in [1.165, 1.54) is 11.3 Å². The molecule has 0 radical (unpaired) electrons. The summed E-state index contributed by atoms with van der Waals surface area (Å²) < 4.78 is 0.753. The lowest BCUT2D eigenvalue weighted by atomic mass is 10.1. The summed E-state index contributed by atoms with van der Waals surface area (Å²) in [5.41, 5.74) is 6.49. The SMILES string of the molecule is NCC1CCN(C(=O)Cc2csc(-c3ccc(Cl)s3)n2)C1. The fraction of sp³-hybridized carbons (Fsp3) is 0.429. The Morgan fingerprint density at radius 1 is 1.52 bits per heavy atom. The predicted molar refractivity (Wildman–Crippen MR) is 87.9 cm³/mol. The third-order valence-corrected chi connectivity index (χ3v) is 5.93. The van der Waals surface area contributed by atoms with Crippen LogP contribution in [0.15, 0.2) is 17.5 Å². The average molecular weight is 342 g/mol. The third-order valence-electron chi connectivity index (χ3n) is 3.64. The van der Waals surface area contributed by atoms with Crippen LogP contribution in [0.3, 0.4) is 0 Å². The van der Waals surface area contributed by atoms with Crippen LogP contribution in [0.5, 0.6) is 0 Å². The summed E-state index contributed by atoms with van der Waals surface area (Å²) >= 11 is 9.00. The van der Waals surface area contributed by atoms with Gasteiger partial charge in [-0.2, -0.15) is 0 Å². The molecule has 3 heterocycles. The lowest BCUT2D eigenvalue weighted by Gasteiger charge is -2.15. The van der Waals surface area contributed by atoms with Gasteiger partial charge in [0.25, 0.3) is 0 Å². The maximum absolute atomic E-state index is 12.3. The summed E-state index contributed by atoms with van der Waals surface area (Å²) in [5, 5.41) is 2.88. The Balaban J connectivity index is 1.63. The number of carbonyl (C=O) groups excluding carboxylic acids is 1. The molecule has 0 saturated carbocycles. The van der Waals surface area contributed by atoms with E-state index < -0.39 is 0 Å². The van der Waals surface area contributed by atoms with Gasteiger partial charge in [-0.1, -0.05) is 11.6 Å². The number of aromatic nitrogens is 1. The Morgan fingerprint density at radius 2 is 2.38 bits per heavy atom. The number of hydrogen-bond acceptors (Lipinski definition) is 5. The van der Waals surface area contributed by atoms with Crippen molar-refractivity contribution in [3.63, 3.8) is 0 Å². The number of nitrogens with two attached hydrogens (primary N) is 1. The molecule has 0 aliphatic carbocycles. The number of hydrogen-bond donors (Lipinski definition) is 1. The molecule has 2 N–H and O–H groups in total. The summed E-state index contributed by atoms with van der Waals surface area (Å²) in [6, 6.07) is 3.83. The zero-order valence-electron chi connectivity index (χ0n) is 11.4. The van der Waals surface area contributed by atoms with Crippen molar-refractivity contribution in [3.8, 4) is 9.88 Å². The highest BCUT2D eigenvalue weighted by Gasteiger charge is 2.25. The van der Waals surface area contributed by atoms with Crippen molar-refractivity contribution in [2.75, 3.05) is 19.6 Å². The Hall–Kier alpha value is -0.950. The molecular formula is C14H16ClN3OS2. The minimum atomic E-state index is 0.145. The van der Waals surface area contributed by atoms with Gasteiger partial charge in [0.2, 0.25) is 5.91 Å². The first kappa shape index (κ1) is 15.0. The van der Waals surface area contributed by atoms with E-state index in [-0.39, 0.29) is 5.91 Å². The van der Waals surface area contributed by atoms with Gasteiger partial charge in [0.15, 0.2) is 0 Å². The van der Waals surface area contributed by atoms with Crippen molar-refractivity contribution in [2.24, 2.45) is 11.7 Å². The standard InChI is InChI=1S/C14H16ClN3OS2/c15-12-2-1-11(21-12)14-17-10(8-20-14)5-13(19)18-4-3-9(6-16)7-18/h1-2,8-9H,3-7,16H2. The molecule has 1 atom stereocenters. The van der Waals surface area contributed by atoms with Gasteiger partial charge in [-0.15, -0.1) is 22.7 Å². The maximum atomic E-state index is 12.3. The highest BCUT2D eigenvalue weighted by molar-refractivity contribution is 7.23. The van der Waals surface area contributed by atoms with Crippen molar-refractivity contribution >= 4 is 40.2 Å². The van der Waals surface area contributed by atoms with Crippen molar-refractivity contribution < 1.29 is 4.79 Å². The first-order chi connectivity index (χ1) is 10.2. The fourth-order valence-corrected chi connectivity index (χ4v) is 4.38. The number of thiazole rings is 1. The summed E-state index contributed by atoms with van der Waals surface area (Å²) in [6.07, 6.45) is 1.38. The van der Waals surface area contributed by atoms with Gasteiger partial charge in [-0.25, -0.2) is 4.98 Å². The molecule has 0 spiro atoms. The van der Waals surface area contributed by atoms with Gasteiger partial charge >= 0.3 is 0 Å². The molecule has 2 aromatic heterocycles. The molecule has 4 nitrogen and oxygen atoms in total. The average Bonchev–Trinajstić information content (AvgIpc) is 3.17. The van der Waals surface area contributed by atoms with E-state index >= 15 is 0 Å². The molecule has 1 unspecified atom stereocenters. The van der Waals surface area contributed by atoms with Crippen molar-refractivity contribution in [3.05, 3.63) is 27.5 Å². The van der Waals surface area contributed by atoms with E-state index in [1.54, 1.807) is 11.3 Å². The van der Waals surface area contributed by atoms with Gasteiger partial charge in [0.05, 0.1) is 21.3 Å². The molecule has 1 amide bonds. The summed E-state index contributed by atoms with van der Waals surface area (Å²) in [6.45, 7) is 2.26. The molecule has 1 fully saturated rings. The topological polar surface area (TPSA) is 59.2 Å². The second-order valence-corrected chi connectivity index (χ2v) is 7.73. The summed E-state index contributed by atoms with van der Waals surface area (Å²) in [4.78, 5) is 19.8. The predicted octanol–water partition coefficient (Wildman–Crippen LogP) is 2.87. The molecule has 7 heteroatoms. The highest BCUT2D eigenvalue weighted by Crippen LogP contribution is 2.33. The molecule has 112 valence electrons. The molecule has 21 heavy (non-hydrogen) atoms. The molecule has 0 bridgehead atoms. The number of halogens is 1. The van der Waals surface area contributed by atoms with Crippen molar-refractivity contribution in [1.82, 2.24) is 9.88 Å². The smallest absolute Gasteiger partial charge is 0.228 e. The molecule has 3 rings (SSSR count). The number of rotatable bonds is 4. The van der Waals surface area contributed by atoms with Gasteiger partial charge in [0.1, 0.15) is 5.01 Å². The molecule has 0 aromatic carbocycles. The van der Waals surface area contributed by atoms with Gasteiger partial charge < -0.3 is 10.6 Å². The monoisotopic (exact) mass is 341 g/mol. The van der Waals surface area contributed by atoms with Crippen LogP contribution in [0, 0.1) is 5.92 Å². The van der Waals surface area contributed by atoms with Crippen LogP contribution in [0.1, 0.15) is 12.1 Å². The van der Waals surface area contributed by atoms with Crippen molar-refractivity contribution in [1.29, 1.82) is 0 Å². The molecular weight excluding hydrogens is 326 g/mol. The molecule has 2 aromatic rings. The Kier molecular flexibility index (Phi) is 4.59. The number of amides is 1. The van der Waals surface area contributed by atoms with Crippen LogP contribution in [0.2, 0.25) is 4.34 Å². The van der Waals surface area contributed by atoms with E-state index in [4.69, 9.17) is 17.3 Å². The Bertz CT molecular complexity index is 640. The second kappa shape index (κ2) is 6.44. The minimum absolute atomic E-state index is 0.145. The van der Waals surface area contributed by atoms with E-state index in [2.05, 4.69) is 4.98 Å². The van der Waals surface area contributed by atoms with E-state index in [0.29, 0.717) is 18.9 Å². The lowest BCUT2D eigenvalue weighted by molar-refractivity contribution is -0.129. The summed E-state index contributed by atoms with van der Waals surface area (Å²) in [5.74, 6) is 0.597. The number of carbonyl (C=O) groups is 1. The number of likely N-dealkylation sites (tertiary alicyclic amines) is 1. The van der Waals surface area contributed by atoms with Gasteiger partial charge in [0, 0.05) is 18.5 Å². The lowest BCUT2D eigenvalue weighted by Crippen LogP contribution is -2.31. The molecule has 1 saturated heterocycles. The molecule has 1 aliphatic rings. The van der Waals surface area contributed by atoms with E-state index in [1.807, 2.05) is 22.4 Å². The third kappa shape index (κ3) is 3.45. The van der Waals surface area contributed by atoms with Crippen LogP contribution in [0.25, 0.3) is 9.88 Å². The van der Waals surface area contributed by atoms with Crippen LogP contribution in [-0.2, 0) is 11.2 Å². The molecule has 1 aliphatic heterocycles. The van der Waals surface area contributed by atoms with Crippen LogP contribution >= 0.6 is 34.3 Å². The van der Waals surface area contributed by atoms with Crippen LogP contribution in [-0.4, -0.2) is 35.4 Å². The van der Waals surface area contributed by atoms with Gasteiger partial charge in [-0.3, -0.25) is 4.79 Å². The van der Waals surface area contributed by atoms with Crippen LogP contribution in [0.4, 0.5) is 0 Å². The van der Waals surface area contributed by atoms with E-state index in [9.17, 15) is 4.79 Å². The van der Waals surface area contributed by atoms with Crippen molar-refractivity contribution in [2.45, 2.75) is 12.8 Å². The van der Waals surface area contributed by atoms with Crippen LogP contribution < -0.4 is 5.73 Å². The number of thiophene rings is 1. The van der Waals surface area contributed by atoms with E-state index in [0.717, 1.165) is 39.4 Å². The first-order valence-electron chi connectivity index (χ1n) is 6.83. The Labute approximate surface area is 136 Å². The Morgan fingerprint density at radius 3 is 3.05 bits per heavy atom. The second-order valence-electron chi connectivity index (χ2n) is 5.15. The maximum Gasteiger partial charge on any atom is 0.228 e. The number of nitrogens with zero attached hydrogens (tertiary/aromatic N) is 2. The van der Waals surface area contributed by atoms with Gasteiger partial charge in [-0.05, 0) is 31.0 Å². The normalized spacial score (nSPS) is 18.4. The quantitative estimate of drug-likeness (QED) is 0.930. The zero-order chi connectivity index (χ0) is 14.8. The fourth-order valence-electron chi connectivity index (χ4n) is 2.45. The first-order valence-corrected chi connectivity index (χ1v) is 8.91. The largest absolute Gasteiger partial charge is 0.342 e. The minimum Gasteiger partial charge on any atom is -0.342 e. The zero-order valence-corrected chi connectivity index (χ0v) is 13.8. The summed E-state index contributed by atoms with van der Waals surface area (Å²) in [7, 11) is 0.